The van der Waals surface area contributed by atoms with Crippen molar-refractivity contribution in [3.63, 3.8) is 0 Å². The average molecular weight is 476 g/mol. The van der Waals surface area contributed by atoms with Gasteiger partial charge in [-0.05, 0) is 59.3 Å². The molecule has 2 heterocycles. The number of hydrogen-bond donors (Lipinski definition) is 0. The second-order valence-electron chi connectivity index (χ2n) is 9.37. The number of furan rings is 2. The number of fused-ring (bicyclic) bond motifs is 8. The third-order valence-corrected chi connectivity index (χ3v) is 7.24. The zero-order valence-corrected chi connectivity index (χ0v) is 19.9. The van der Waals surface area contributed by atoms with E-state index >= 15 is 0 Å². The van der Waals surface area contributed by atoms with E-state index in [0.717, 1.165) is 66.3 Å². The normalized spacial score (nSPS) is 11.8. The molecule has 0 saturated heterocycles. The summed E-state index contributed by atoms with van der Waals surface area (Å²) >= 11 is 0. The minimum atomic E-state index is 0.875. The number of benzene rings is 6. The second kappa shape index (κ2) is 7.74. The van der Waals surface area contributed by atoms with E-state index in [1.54, 1.807) is 0 Å². The molecule has 6 aromatic carbocycles. The van der Waals surface area contributed by atoms with Crippen molar-refractivity contribution in [2.75, 3.05) is 4.90 Å². The molecule has 3 heteroatoms. The Balaban J connectivity index is 1.44. The molecular weight excluding hydrogens is 454 g/mol. The van der Waals surface area contributed by atoms with Crippen LogP contribution in [0, 0.1) is 0 Å². The summed E-state index contributed by atoms with van der Waals surface area (Å²) in [5.41, 5.74) is 6.70. The van der Waals surface area contributed by atoms with Crippen LogP contribution in [0.1, 0.15) is 0 Å². The first-order valence-electron chi connectivity index (χ1n) is 12.4. The molecule has 0 aliphatic rings. The summed E-state index contributed by atoms with van der Waals surface area (Å²) in [5.74, 6) is 0. The monoisotopic (exact) mass is 475 g/mol. The molecule has 8 aromatic rings. The van der Waals surface area contributed by atoms with E-state index < -0.39 is 0 Å². The summed E-state index contributed by atoms with van der Waals surface area (Å²) in [6, 6.07) is 44.2. The highest BCUT2D eigenvalue weighted by molar-refractivity contribution is 6.19. The molecule has 8 rings (SSSR count). The van der Waals surface area contributed by atoms with Gasteiger partial charge in [0, 0.05) is 32.9 Å². The summed E-state index contributed by atoms with van der Waals surface area (Å²) in [6.45, 7) is 0. The molecule has 3 nitrogen and oxygen atoms in total. The van der Waals surface area contributed by atoms with Gasteiger partial charge in [0.25, 0.3) is 0 Å². The maximum atomic E-state index is 6.45. The van der Waals surface area contributed by atoms with Crippen molar-refractivity contribution in [3.05, 3.63) is 127 Å². The number of para-hydroxylation sites is 4. The van der Waals surface area contributed by atoms with Gasteiger partial charge in [-0.25, -0.2) is 0 Å². The van der Waals surface area contributed by atoms with E-state index in [1.807, 2.05) is 30.3 Å². The van der Waals surface area contributed by atoms with Crippen molar-refractivity contribution in [2.45, 2.75) is 0 Å². The average Bonchev–Trinajstić information content (AvgIpc) is 3.53. The largest absolute Gasteiger partial charge is 0.456 e. The first-order valence-corrected chi connectivity index (χ1v) is 12.4. The Morgan fingerprint density at radius 2 is 1.14 bits per heavy atom. The van der Waals surface area contributed by atoms with E-state index in [9.17, 15) is 0 Å². The van der Waals surface area contributed by atoms with Gasteiger partial charge in [-0.15, -0.1) is 0 Å². The molecule has 0 atom stereocenters. The Hall–Kier alpha value is -5.02. The van der Waals surface area contributed by atoms with E-state index in [2.05, 4.69) is 102 Å². The van der Waals surface area contributed by atoms with Crippen LogP contribution in [0.3, 0.4) is 0 Å². The number of nitrogens with zero attached hydrogens (tertiary/aromatic N) is 1. The fourth-order valence-electron chi connectivity index (χ4n) is 5.58. The van der Waals surface area contributed by atoms with Crippen molar-refractivity contribution >= 4 is 71.7 Å². The Labute approximate surface area is 212 Å². The van der Waals surface area contributed by atoms with Crippen LogP contribution in [0.2, 0.25) is 0 Å². The van der Waals surface area contributed by atoms with Crippen LogP contribution in [0.15, 0.2) is 136 Å². The fourth-order valence-corrected chi connectivity index (χ4v) is 5.58. The van der Waals surface area contributed by atoms with Crippen molar-refractivity contribution < 1.29 is 8.83 Å². The maximum absolute atomic E-state index is 6.45. The van der Waals surface area contributed by atoms with E-state index in [0.29, 0.717) is 0 Å². The lowest BCUT2D eigenvalue weighted by molar-refractivity contribution is 0.668. The van der Waals surface area contributed by atoms with Gasteiger partial charge in [0.15, 0.2) is 5.58 Å². The first-order chi connectivity index (χ1) is 18.3. The van der Waals surface area contributed by atoms with Crippen molar-refractivity contribution in [3.8, 4) is 0 Å². The Morgan fingerprint density at radius 1 is 0.432 bits per heavy atom. The molecule has 0 spiro atoms. The van der Waals surface area contributed by atoms with E-state index in [-0.39, 0.29) is 0 Å². The van der Waals surface area contributed by atoms with E-state index in [4.69, 9.17) is 8.83 Å². The van der Waals surface area contributed by atoms with Gasteiger partial charge in [-0.3, -0.25) is 0 Å². The van der Waals surface area contributed by atoms with Crippen LogP contribution in [0.4, 0.5) is 17.1 Å². The molecule has 0 bridgehead atoms. The summed E-state index contributed by atoms with van der Waals surface area (Å²) in [6.07, 6.45) is 0. The molecule has 0 N–H and O–H groups in total. The number of hydrogen-bond acceptors (Lipinski definition) is 3. The summed E-state index contributed by atoms with van der Waals surface area (Å²) in [4.78, 5) is 2.28. The lowest BCUT2D eigenvalue weighted by atomic mass is 10.0. The molecule has 37 heavy (non-hydrogen) atoms. The molecular formula is C34H21NO2. The smallest absolute Gasteiger partial charge is 0.159 e. The first kappa shape index (κ1) is 20.2. The minimum absolute atomic E-state index is 0.875. The minimum Gasteiger partial charge on any atom is -0.456 e. The Bertz CT molecular complexity index is 2100. The van der Waals surface area contributed by atoms with Gasteiger partial charge in [-0.2, -0.15) is 0 Å². The van der Waals surface area contributed by atoms with Gasteiger partial charge in [0.1, 0.15) is 16.7 Å². The predicted octanol–water partition coefficient (Wildman–Crippen LogP) is 10.1. The van der Waals surface area contributed by atoms with Gasteiger partial charge in [-0.1, -0.05) is 78.9 Å². The Morgan fingerprint density at radius 3 is 2.00 bits per heavy atom. The molecule has 0 fully saturated rings. The lowest BCUT2D eigenvalue weighted by Gasteiger charge is -2.26. The molecule has 2 aromatic heterocycles. The quantitative estimate of drug-likeness (QED) is 0.255. The molecule has 0 aliphatic heterocycles. The van der Waals surface area contributed by atoms with Crippen LogP contribution < -0.4 is 4.90 Å². The fraction of sp³-hybridized carbons (Fsp3) is 0. The van der Waals surface area contributed by atoms with Gasteiger partial charge in [0.2, 0.25) is 0 Å². The SMILES string of the molecule is c1ccc(N(c2ccc3ccc4oc5ccccc5c4c3c2)c2cccc3c2oc2ccccc23)cc1. The molecule has 174 valence electrons. The molecule has 0 amide bonds. The topological polar surface area (TPSA) is 29.5 Å². The van der Waals surface area contributed by atoms with Gasteiger partial charge >= 0.3 is 0 Å². The molecule has 0 unspecified atom stereocenters. The zero-order valence-electron chi connectivity index (χ0n) is 19.9. The Kier molecular flexibility index (Phi) is 4.23. The number of rotatable bonds is 3. The van der Waals surface area contributed by atoms with Crippen molar-refractivity contribution in [1.82, 2.24) is 0 Å². The standard InChI is InChI=1S/C34H21NO2/c1-2-9-23(10-3-1)35(29-14-8-13-26-25-11-4-6-15-30(25)37-34(26)29)24-19-17-22-18-20-32-33(28(22)21-24)27-12-5-7-16-31(27)36-32/h1-21H. The van der Waals surface area contributed by atoms with Crippen LogP contribution in [-0.4, -0.2) is 0 Å². The second-order valence-corrected chi connectivity index (χ2v) is 9.37. The molecule has 0 radical (unpaired) electrons. The third kappa shape index (κ3) is 3.01. The summed E-state index contributed by atoms with van der Waals surface area (Å²) < 4.78 is 12.6. The van der Waals surface area contributed by atoms with Crippen LogP contribution in [0.5, 0.6) is 0 Å². The highest BCUT2D eigenvalue weighted by atomic mass is 16.3. The van der Waals surface area contributed by atoms with Crippen LogP contribution >= 0.6 is 0 Å². The molecule has 0 aliphatic carbocycles. The maximum Gasteiger partial charge on any atom is 0.159 e. The number of anilines is 3. The van der Waals surface area contributed by atoms with E-state index in [1.165, 1.54) is 5.39 Å². The van der Waals surface area contributed by atoms with Crippen LogP contribution in [-0.2, 0) is 0 Å². The van der Waals surface area contributed by atoms with Crippen molar-refractivity contribution in [2.24, 2.45) is 0 Å². The third-order valence-electron chi connectivity index (χ3n) is 7.24. The van der Waals surface area contributed by atoms with Crippen LogP contribution in [0.25, 0.3) is 54.6 Å². The predicted molar refractivity (Wildman–Crippen MR) is 153 cm³/mol. The highest BCUT2D eigenvalue weighted by Crippen LogP contribution is 2.43. The van der Waals surface area contributed by atoms with Gasteiger partial charge < -0.3 is 13.7 Å². The zero-order chi connectivity index (χ0) is 24.3. The summed E-state index contributed by atoms with van der Waals surface area (Å²) in [5, 5.41) is 6.85. The summed E-state index contributed by atoms with van der Waals surface area (Å²) in [7, 11) is 0. The lowest BCUT2D eigenvalue weighted by Crippen LogP contribution is -2.10. The molecule has 0 saturated carbocycles. The van der Waals surface area contributed by atoms with Gasteiger partial charge in [0.05, 0.1) is 5.69 Å². The van der Waals surface area contributed by atoms with Crippen molar-refractivity contribution in [1.29, 1.82) is 0 Å². The highest BCUT2D eigenvalue weighted by Gasteiger charge is 2.20.